The quantitative estimate of drug-likeness (QED) is 0.578. The summed E-state index contributed by atoms with van der Waals surface area (Å²) in [6.45, 7) is 4.67. The molecule has 5 rings (SSSR count). The second kappa shape index (κ2) is 1.93. The van der Waals surface area contributed by atoms with Crippen LogP contribution in [-0.2, 0) is 5.41 Å². The van der Waals surface area contributed by atoms with Gasteiger partial charge in [0.25, 0.3) is 0 Å². The minimum absolute atomic E-state index is 0.577. The fourth-order valence-corrected chi connectivity index (χ4v) is 4.36. The first kappa shape index (κ1) is 7.50. The topological polar surface area (TPSA) is 0 Å². The highest BCUT2D eigenvalue weighted by Crippen LogP contribution is 2.64. The fraction of sp³-hybridized carbons (Fsp3) is 0.571. The van der Waals surface area contributed by atoms with Crippen LogP contribution in [0, 0.1) is 13.8 Å². The number of hydrogen-bond acceptors (Lipinski definition) is 0. The average molecular weight is 184 g/mol. The Morgan fingerprint density at radius 3 is 2.50 bits per heavy atom. The van der Waals surface area contributed by atoms with Gasteiger partial charge >= 0.3 is 0 Å². The zero-order valence-electron chi connectivity index (χ0n) is 8.98. The van der Waals surface area contributed by atoms with Gasteiger partial charge in [-0.2, -0.15) is 0 Å². The Morgan fingerprint density at radius 1 is 1.07 bits per heavy atom. The SMILES string of the molecule is Cc1c2cc3c(c1C)C1CCC23CC1. The summed E-state index contributed by atoms with van der Waals surface area (Å²) < 4.78 is 0. The smallest absolute Gasteiger partial charge is 0.0209 e. The molecule has 0 aliphatic heterocycles. The van der Waals surface area contributed by atoms with Gasteiger partial charge in [-0.1, -0.05) is 6.07 Å². The minimum atomic E-state index is 0.577. The number of benzene rings is 1. The van der Waals surface area contributed by atoms with Crippen LogP contribution in [0.2, 0.25) is 0 Å². The molecule has 0 radical (unpaired) electrons. The first-order chi connectivity index (χ1) is 6.74. The second-order valence-corrected chi connectivity index (χ2v) is 5.49. The lowest BCUT2D eigenvalue weighted by atomic mass is 9.47. The van der Waals surface area contributed by atoms with Gasteiger partial charge in [0.15, 0.2) is 0 Å². The van der Waals surface area contributed by atoms with Crippen molar-refractivity contribution < 1.29 is 0 Å². The van der Waals surface area contributed by atoms with E-state index >= 15 is 0 Å². The van der Waals surface area contributed by atoms with E-state index in [0.717, 1.165) is 5.92 Å². The van der Waals surface area contributed by atoms with Crippen molar-refractivity contribution in [3.63, 3.8) is 0 Å². The van der Waals surface area contributed by atoms with Crippen LogP contribution < -0.4 is 0 Å². The largest absolute Gasteiger partial charge is 0.0534 e. The Kier molecular flexibility index (Phi) is 1.04. The Hall–Kier alpha value is -0.780. The van der Waals surface area contributed by atoms with Crippen LogP contribution in [0.4, 0.5) is 0 Å². The number of fused-ring (bicyclic) bond motifs is 3. The number of hydrogen-bond donors (Lipinski definition) is 0. The van der Waals surface area contributed by atoms with Gasteiger partial charge in [0.2, 0.25) is 0 Å². The molecular formula is C14H16. The molecule has 1 aromatic carbocycles. The zero-order valence-corrected chi connectivity index (χ0v) is 8.98. The standard InChI is InChI=1S/C14H16/c1-8-9(2)13-10-3-5-14(6-4-10)11(8)7-12(13)14/h7,10H,3-6H2,1-2H3. The first-order valence-electron chi connectivity index (χ1n) is 5.89. The van der Waals surface area contributed by atoms with Gasteiger partial charge in [0, 0.05) is 5.41 Å². The molecule has 4 aliphatic rings. The van der Waals surface area contributed by atoms with Crippen molar-refractivity contribution >= 4 is 0 Å². The lowest BCUT2D eigenvalue weighted by Gasteiger charge is -2.56. The predicted octanol–water partition coefficient (Wildman–Crippen LogP) is 3.57. The van der Waals surface area contributed by atoms with E-state index in [0.29, 0.717) is 5.41 Å². The van der Waals surface area contributed by atoms with Gasteiger partial charge in [0.05, 0.1) is 0 Å². The molecule has 0 atom stereocenters. The predicted molar refractivity (Wildman–Crippen MR) is 57.9 cm³/mol. The van der Waals surface area contributed by atoms with Gasteiger partial charge in [-0.05, 0) is 73.3 Å². The van der Waals surface area contributed by atoms with Crippen molar-refractivity contribution in [3.05, 3.63) is 33.9 Å². The summed E-state index contributed by atoms with van der Waals surface area (Å²) in [5.74, 6) is 0.917. The van der Waals surface area contributed by atoms with E-state index in [1.807, 2.05) is 0 Å². The van der Waals surface area contributed by atoms with Gasteiger partial charge in [-0.15, -0.1) is 0 Å². The van der Waals surface area contributed by atoms with Crippen LogP contribution in [0.1, 0.15) is 59.4 Å². The lowest BCUT2D eigenvalue weighted by molar-refractivity contribution is 0.256. The van der Waals surface area contributed by atoms with Crippen molar-refractivity contribution in [1.82, 2.24) is 0 Å². The summed E-state index contributed by atoms with van der Waals surface area (Å²) in [7, 11) is 0. The molecule has 72 valence electrons. The van der Waals surface area contributed by atoms with Crippen LogP contribution in [0.5, 0.6) is 0 Å². The minimum Gasteiger partial charge on any atom is -0.0534 e. The second-order valence-electron chi connectivity index (χ2n) is 5.49. The normalized spacial score (nSPS) is 35.7. The molecule has 14 heavy (non-hydrogen) atoms. The van der Waals surface area contributed by atoms with Crippen LogP contribution in [0.3, 0.4) is 0 Å². The summed E-state index contributed by atoms with van der Waals surface area (Å²) in [5, 5.41) is 0. The van der Waals surface area contributed by atoms with Crippen LogP contribution >= 0.6 is 0 Å². The van der Waals surface area contributed by atoms with E-state index in [1.54, 1.807) is 27.8 Å². The summed E-state index contributed by atoms with van der Waals surface area (Å²) in [6.07, 6.45) is 5.82. The maximum atomic E-state index is 2.49. The zero-order chi connectivity index (χ0) is 9.50. The number of rotatable bonds is 0. The summed E-state index contributed by atoms with van der Waals surface area (Å²) in [4.78, 5) is 0. The van der Waals surface area contributed by atoms with Crippen molar-refractivity contribution in [2.45, 2.75) is 50.9 Å². The van der Waals surface area contributed by atoms with Gasteiger partial charge in [-0.25, -0.2) is 0 Å². The molecule has 0 amide bonds. The average Bonchev–Trinajstić information content (AvgIpc) is 2.20. The molecular weight excluding hydrogens is 168 g/mol. The molecule has 4 bridgehead atoms. The first-order valence-corrected chi connectivity index (χ1v) is 5.89. The third-order valence-electron chi connectivity index (χ3n) is 5.23. The fourth-order valence-electron chi connectivity index (χ4n) is 4.36. The Morgan fingerprint density at radius 2 is 1.79 bits per heavy atom. The van der Waals surface area contributed by atoms with E-state index in [1.165, 1.54) is 25.7 Å². The molecule has 1 fully saturated rings. The van der Waals surface area contributed by atoms with Gasteiger partial charge < -0.3 is 0 Å². The van der Waals surface area contributed by atoms with Crippen molar-refractivity contribution in [2.24, 2.45) is 0 Å². The third kappa shape index (κ3) is 0.526. The molecule has 0 unspecified atom stereocenters. The lowest BCUT2D eigenvalue weighted by Crippen LogP contribution is -2.46. The van der Waals surface area contributed by atoms with Crippen LogP contribution in [0.15, 0.2) is 6.07 Å². The van der Waals surface area contributed by atoms with Crippen molar-refractivity contribution in [2.75, 3.05) is 0 Å². The van der Waals surface area contributed by atoms with E-state index < -0.39 is 0 Å². The summed E-state index contributed by atoms with van der Waals surface area (Å²) in [5.41, 5.74) is 9.02. The molecule has 1 aromatic rings. The molecule has 1 spiro atoms. The Balaban J connectivity index is 2.17. The monoisotopic (exact) mass is 184 g/mol. The van der Waals surface area contributed by atoms with Gasteiger partial charge in [0.1, 0.15) is 0 Å². The molecule has 0 aromatic heterocycles. The molecule has 1 saturated carbocycles. The molecule has 0 nitrogen and oxygen atoms in total. The van der Waals surface area contributed by atoms with Crippen molar-refractivity contribution in [3.8, 4) is 0 Å². The van der Waals surface area contributed by atoms with E-state index in [4.69, 9.17) is 0 Å². The maximum absolute atomic E-state index is 2.49. The third-order valence-corrected chi connectivity index (χ3v) is 5.23. The molecule has 0 heterocycles. The van der Waals surface area contributed by atoms with Crippen molar-refractivity contribution in [1.29, 1.82) is 0 Å². The Labute approximate surface area is 85.3 Å². The van der Waals surface area contributed by atoms with E-state index in [9.17, 15) is 0 Å². The molecule has 0 saturated heterocycles. The molecule has 0 N–H and O–H groups in total. The highest BCUT2D eigenvalue weighted by molar-refractivity contribution is 5.66. The van der Waals surface area contributed by atoms with Crippen LogP contribution in [-0.4, -0.2) is 0 Å². The van der Waals surface area contributed by atoms with Crippen LogP contribution in [0.25, 0.3) is 0 Å². The summed E-state index contributed by atoms with van der Waals surface area (Å²) in [6, 6.07) is 2.49. The highest BCUT2D eigenvalue weighted by atomic mass is 14.6. The highest BCUT2D eigenvalue weighted by Gasteiger charge is 2.53. The Bertz CT molecular complexity index is 443. The van der Waals surface area contributed by atoms with Gasteiger partial charge in [-0.3, -0.25) is 0 Å². The summed E-state index contributed by atoms with van der Waals surface area (Å²) >= 11 is 0. The maximum Gasteiger partial charge on any atom is 0.0209 e. The van der Waals surface area contributed by atoms with E-state index in [-0.39, 0.29) is 0 Å². The van der Waals surface area contributed by atoms with E-state index in [2.05, 4.69) is 19.9 Å². The molecule has 4 aliphatic carbocycles. The molecule has 0 heteroatoms.